The van der Waals surface area contributed by atoms with Gasteiger partial charge in [-0.05, 0) is 37.7 Å². The van der Waals surface area contributed by atoms with Gasteiger partial charge >= 0.3 is 5.97 Å². The first-order valence-electron chi connectivity index (χ1n) is 11.6. The molecule has 0 spiro atoms. The monoisotopic (exact) mass is 456 g/mol. The number of amides is 2. The molecule has 2 N–H and O–H groups in total. The van der Waals surface area contributed by atoms with E-state index < -0.39 is 12.0 Å². The van der Waals surface area contributed by atoms with E-state index in [4.69, 9.17) is 4.74 Å². The minimum atomic E-state index is -0.546. The van der Waals surface area contributed by atoms with Crippen molar-refractivity contribution in [3.63, 3.8) is 0 Å². The summed E-state index contributed by atoms with van der Waals surface area (Å²) in [5, 5.41) is 12.5. The third-order valence-electron chi connectivity index (χ3n) is 5.79. The normalized spacial score (nSPS) is 17.1. The Morgan fingerprint density at radius 3 is 2.64 bits per heavy atom. The topological polar surface area (TPSA) is 95.9 Å². The van der Waals surface area contributed by atoms with E-state index in [-0.39, 0.29) is 49.9 Å². The Morgan fingerprint density at radius 2 is 1.97 bits per heavy atom. The summed E-state index contributed by atoms with van der Waals surface area (Å²) in [5.41, 5.74) is 1.01. The molecule has 1 fully saturated rings. The Balaban J connectivity index is 1.93. The van der Waals surface area contributed by atoms with Gasteiger partial charge in [-0.1, -0.05) is 42.5 Å². The second-order valence-corrected chi connectivity index (χ2v) is 8.40. The smallest absolute Gasteiger partial charge is 0.306 e. The van der Waals surface area contributed by atoms with Crippen molar-refractivity contribution in [2.24, 2.45) is 5.92 Å². The Bertz CT molecular complexity index is 795. The van der Waals surface area contributed by atoms with E-state index >= 15 is 0 Å². The highest BCUT2D eigenvalue weighted by molar-refractivity contribution is 5.86. The van der Waals surface area contributed by atoms with E-state index in [0.29, 0.717) is 25.8 Å². The quantitative estimate of drug-likeness (QED) is 0.332. The molecule has 1 heterocycles. The largest absolute Gasteiger partial charge is 0.463 e. The minimum Gasteiger partial charge on any atom is -0.463 e. The van der Waals surface area contributed by atoms with Crippen molar-refractivity contribution in [3.8, 4) is 0 Å². The molecule has 0 aliphatic carbocycles. The molecule has 2 amide bonds. The van der Waals surface area contributed by atoms with E-state index in [1.807, 2.05) is 30.3 Å². The number of hydrogen-bond donors (Lipinski definition) is 2. The van der Waals surface area contributed by atoms with Crippen LogP contribution >= 0.6 is 0 Å². The molecule has 0 saturated carbocycles. The number of aliphatic hydroxyl groups excluding tert-OH is 1. The summed E-state index contributed by atoms with van der Waals surface area (Å²) in [7, 11) is 0. The Labute approximate surface area is 196 Å². The molecule has 7 heteroatoms. The highest BCUT2D eigenvalue weighted by Gasteiger charge is 2.34. The van der Waals surface area contributed by atoms with Gasteiger partial charge < -0.3 is 20.1 Å². The zero-order valence-corrected chi connectivity index (χ0v) is 19.3. The van der Waals surface area contributed by atoms with E-state index in [1.165, 1.54) is 0 Å². The summed E-state index contributed by atoms with van der Waals surface area (Å²) >= 11 is 0. The molecule has 1 aliphatic heterocycles. The van der Waals surface area contributed by atoms with Crippen LogP contribution in [0.5, 0.6) is 0 Å². The van der Waals surface area contributed by atoms with Gasteiger partial charge in [-0.3, -0.25) is 14.4 Å². The molecule has 0 radical (unpaired) electrons. The van der Waals surface area contributed by atoms with Crippen LogP contribution in [0.3, 0.4) is 0 Å². The average Bonchev–Trinajstić information content (AvgIpc) is 3.29. The summed E-state index contributed by atoms with van der Waals surface area (Å²) < 4.78 is 5.35. The standard InChI is InChI=1S/C26H36N2O5/c1-3-5-14-25(31)33-19-23-13-9-15-28(23)26(32)21(10-4-2)17-24(30)27-22(18-29)16-20-11-7-6-8-12-20/h3-4,6-8,11-12,21-23,29H,1-2,5,9-10,13-19H2,(H,27,30)/t21-,22+,23+/m1/s1. The van der Waals surface area contributed by atoms with Gasteiger partial charge in [-0.15, -0.1) is 13.2 Å². The third-order valence-corrected chi connectivity index (χ3v) is 5.79. The maximum atomic E-state index is 13.2. The van der Waals surface area contributed by atoms with Gasteiger partial charge in [-0.2, -0.15) is 0 Å². The van der Waals surface area contributed by atoms with Gasteiger partial charge in [0, 0.05) is 19.4 Å². The van der Waals surface area contributed by atoms with Crippen molar-refractivity contribution in [1.29, 1.82) is 0 Å². The second kappa shape index (κ2) is 14.3. The third kappa shape index (κ3) is 8.85. The van der Waals surface area contributed by atoms with E-state index in [9.17, 15) is 19.5 Å². The van der Waals surface area contributed by atoms with Crippen LogP contribution in [0.15, 0.2) is 55.6 Å². The van der Waals surface area contributed by atoms with Gasteiger partial charge in [-0.25, -0.2) is 0 Å². The second-order valence-electron chi connectivity index (χ2n) is 8.40. The zero-order valence-electron chi connectivity index (χ0n) is 19.3. The molecular formula is C26H36N2O5. The lowest BCUT2D eigenvalue weighted by Gasteiger charge is -2.28. The SMILES string of the molecule is C=CCCC(=O)OC[C@@H]1CCCN1C(=O)[C@H](CC=C)CC(=O)N[C@H](CO)Cc1ccccc1. The fourth-order valence-corrected chi connectivity index (χ4v) is 4.06. The first-order chi connectivity index (χ1) is 16.0. The van der Waals surface area contributed by atoms with Crippen LogP contribution in [0.25, 0.3) is 0 Å². The summed E-state index contributed by atoms with van der Waals surface area (Å²) in [6, 6.07) is 9.02. The molecule has 0 aromatic heterocycles. The highest BCUT2D eigenvalue weighted by Crippen LogP contribution is 2.23. The van der Waals surface area contributed by atoms with Gasteiger partial charge in [0.05, 0.1) is 24.6 Å². The fraction of sp³-hybridized carbons (Fsp3) is 0.500. The molecular weight excluding hydrogens is 420 g/mol. The van der Waals surface area contributed by atoms with Gasteiger partial charge in [0.2, 0.25) is 11.8 Å². The molecule has 1 saturated heterocycles. The van der Waals surface area contributed by atoms with E-state index in [2.05, 4.69) is 18.5 Å². The van der Waals surface area contributed by atoms with Gasteiger partial charge in [0.25, 0.3) is 0 Å². The Hall–Kier alpha value is -2.93. The molecule has 1 aromatic rings. The van der Waals surface area contributed by atoms with Crippen LogP contribution in [0.4, 0.5) is 0 Å². The van der Waals surface area contributed by atoms with Crippen molar-refractivity contribution in [2.45, 2.75) is 57.0 Å². The zero-order chi connectivity index (χ0) is 24.1. The van der Waals surface area contributed by atoms with E-state index in [0.717, 1.165) is 18.4 Å². The van der Waals surface area contributed by atoms with Crippen LogP contribution in [0, 0.1) is 5.92 Å². The molecule has 0 unspecified atom stereocenters. The number of esters is 1. The first-order valence-corrected chi connectivity index (χ1v) is 11.6. The minimum absolute atomic E-state index is 0.0124. The summed E-state index contributed by atoms with van der Waals surface area (Å²) in [6.45, 7) is 7.89. The number of nitrogens with one attached hydrogen (secondary N) is 1. The van der Waals surface area contributed by atoms with Crippen molar-refractivity contribution < 1.29 is 24.2 Å². The molecule has 180 valence electrons. The lowest BCUT2D eigenvalue weighted by molar-refractivity contribution is -0.148. The maximum absolute atomic E-state index is 13.2. The number of likely N-dealkylation sites (tertiary alicyclic amines) is 1. The predicted octanol–water partition coefficient (Wildman–Crippen LogP) is 2.79. The van der Waals surface area contributed by atoms with Crippen LogP contribution in [-0.2, 0) is 25.5 Å². The number of carbonyl (C=O) groups excluding carboxylic acids is 3. The number of rotatable bonds is 14. The van der Waals surface area contributed by atoms with Crippen molar-refractivity contribution >= 4 is 17.8 Å². The van der Waals surface area contributed by atoms with Crippen LogP contribution in [0.1, 0.15) is 44.1 Å². The highest BCUT2D eigenvalue weighted by atomic mass is 16.5. The Kier molecular flexibility index (Phi) is 11.4. The lowest BCUT2D eigenvalue weighted by atomic mass is 9.98. The van der Waals surface area contributed by atoms with Crippen LogP contribution in [-0.4, -0.2) is 59.6 Å². The van der Waals surface area contributed by atoms with E-state index in [1.54, 1.807) is 17.1 Å². The molecule has 3 atom stereocenters. The number of hydrogen-bond acceptors (Lipinski definition) is 5. The molecule has 1 aromatic carbocycles. The molecule has 33 heavy (non-hydrogen) atoms. The average molecular weight is 457 g/mol. The number of allylic oxidation sites excluding steroid dienone is 2. The van der Waals surface area contributed by atoms with Crippen LogP contribution < -0.4 is 5.32 Å². The molecule has 2 rings (SSSR count). The number of benzene rings is 1. The Morgan fingerprint density at radius 1 is 1.21 bits per heavy atom. The van der Waals surface area contributed by atoms with Crippen molar-refractivity contribution in [2.75, 3.05) is 19.8 Å². The number of nitrogens with zero attached hydrogens (tertiary/aromatic N) is 1. The van der Waals surface area contributed by atoms with Crippen molar-refractivity contribution in [1.82, 2.24) is 10.2 Å². The number of carbonyl (C=O) groups is 3. The summed E-state index contributed by atoms with van der Waals surface area (Å²) in [6.07, 6.45) is 6.63. The fourth-order valence-electron chi connectivity index (χ4n) is 4.06. The number of ether oxygens (including phenoxy) is 1. The van der Waals surface area contributed by atoms with Crippen LogP contribution in [0.2, 0.25) is 0 Å². The predicted molar refractivity (Wildman–Crippen MR) is 127 cm³/mol. The summed E-state index contributed by atoms with van der Waals surface area (Å²) in [4.78, 5) is 39.5. The van der Waals surface area contributed by atoms with Gasteiger partial charge in [0.15, 0.2) is 0 Å². The summed E-state index contributed by atoms with van der Waals surface area (Å²) in [5.74, 6) is -1.25. The van der Waals surface area contributed by atoms with Gasteiger partial charge in [0.1, 0.15) is 6.61 Å². The van der Waals surface area contributed by atoms with Crippen molar-refractivity contribution in [3.05, 3.63) is 61.2 Å². The number of aliphatic hydroxyl groups is 1. The molecule has 1 aliphatic rings. The maximum Gasteiger partial charge on any atom is 0.306 e. The molecule has 7 nitrogen and oxygen atoms in total. The lowest BCUT2D eigenvalue weighted by Crippen LogP contribution is -2.45. The first kappa shape index (κ1) is 26.3. The molecule has 0 bridgehead atoms.